The number of carbonyl (C=O) groups is 1. The smallest absolute Gasteiger partial charge is 0.273 e. The number of carbonyl (C=O) groups excluding carboxylic acids is 1. The number of nitrogens with one attached hydrogen (secondary N) is 2. The summed E-state index contributed by atoms with van der Waals surface area (Å²) in [5, 5.41) is 10.5. The molecule has 3 heterocycles. The van der Waals surface area contributed by atoms with Crippen molar-refractivity contribution in [3.63, 3.8) is 0 Å². The molecule has 0 spiro atoms. The summed E-state index contributed by atoms with van der Waals surface area (Å²) in [7, 11) is 0. The van der Waals surface area contributed by atoms with Crippen LogP contribution in [0.25, 0.3) is 10.9 Å². The van der Waals surface area contributed by atoms with Crippen LogP contribution in [0.4, 0.5) is 5.69 Å². The first kappa shape index (κ1) is 15.9. The van der Waals surface area contributed by atoms with Gasteiger partial charge in [-0.25, -0.2) is 0 Å². The molecule has 0 aliphatic carbocycles. The van der Waals surface area contributed by atoms with Gasteiger partial charge in [0, 0.05) is 55.2 Å². The molecule has 25 heavy (non-hydrogen) atoms. The molecule has 7 nitrogen and oxygen atoms in total. The van der Waals surface area contributed by atoms with Crippen molar-refractivity contribution in [1.29, 1.82) is 0 Å². The highest BCUT2D eigenvalue weighted by Crippen LogP contribution is 2.21. The fourth-order valence-electron chi connectivity index (χ4n) is 3.13. The number of hydrogen-bond acceptors (Lipinski definition) is 4. The van der Waals surface area contributed by atoms with Crippen LogP contribution in [0.3, 0.4) is 0 Å². The van der Waals surface area contributed by atoms with Crippen molar-refractivity contribution < 1.29 is 9.53 Å². The van der Waals surface area contributed by atoms with Crippen molar-refractivity contribution in [3.8, 4) is 0 Å². The monoisotopic (exact) mass is 339 g/mol. The van der Waals surface area contributed by atoms with E-state index in [0.717, 1.165) is 50.5 Å². The number of hydrogen-bond donors (Lipinski definition) is 2. The number of nitrogens with zero attached hydrogens (tertiary/aromatic N) is 3. The third kappa shape index (κ3) is 3.57. The van der Waals surface area contributed by atoms with Gasteiger partial charge in [0.2, 0.25) is 0 Å². The molecule has 1 saturated heterocycles. The van der Waals surface area contributed by atoms with E-state index in [2.05, 4.69) is 43.3 Å². The number of rotatable bonds is 5. The Kier molecular flexibility index (Phi) is 4.49. The zero-order valence-corrected chi connectivity index (χ0v) is 13.9. The average molecular weight is 339 g/mol. The minimum Gasteiger partial charge on any atom is -0.379 e. The van der Waals surface area contributed by atoms with Gasteiger partial charge in [-0.1, -0.05) is 0 Å². The van der Waals surface area contributed by atoms with Crippen LogP contribution < -0.4 is 5.32 Å². The summed E-state index contributed by atoms with van der Waals surface area (Å²) in [6.45, 7) is 5.62. The maximum atomic E-state index is 12.1. The Morgan fingerprint density at radius 3 is 2.88 bits per heavy atom. The van der Waals surface area contributed by atoms with Gasteiger partial charge in [0.1, 0.15) is 5.69 Å². The summed E-state index contributed by atoms with van der Waals surface area (Å²) in [5.41, 5.74) is 2.40. The van der Waals surface area contributed by atoms with Gasteiger partial charge in [-0.05, 0) is 30.3 Å². The number of aromatic amines is 1. The molecule has 130 valence electrons. The molecule has 1 aromatic carbocycles. The fourth-order valence-corrected chi connectivity index (χ4v) is 3.13. The Bertz CT molecular complexity index is 850. The van der Waals surface area contributed by atoms with E-state index in [1.54, 1.807) is 12.3 Å². The minimum atomic E-state index is -0.191. The second-order valence-corrected chi connectivity index (χ2v) is 6.16. The van der Waals surface area contributed by atoms with Crippen LogP contribution in [0.2, 0.25) is 0 Å². The van der Waals surface area contributed by atoms with E-state index in [0.29, 0.717) is 5.69 Å². The van der Waals surface area contributed by atoms with Gasteiger partial charge in [0.05, 0.1) is 13.2 Å². The van der Waals surface area contributed by atoms with E-state index in [9.17, 15) is 4.79 Å². The predicted molar refractivity (Wildman–Crippen MR) is 95.7 cm³/mol. The SMILES string of the molecule is O=C(Nc1ccc2c(ccn2CCN2CCOCC2)c1)c1ccn[nH]1. The van der Waals surface area contributed by atoms with Crippen LogP contribution in [-0.4, -0.2) is 58.4 Å². The van der Waals surface area contributed by atoms with Crippen molar-refractivity contribution in [2.75, 3.05) is 38.2 Å². The first-order valence-corrected chi connectivity index (χ1v) is 8.49. The Morgan fingerprint density at radius 2 is 2.08 bits per heavy atom. The summed E-state index contributed by atoms with van der Waals surface area (Å²) in [4.78, 5) is 14.5. The molecule has 1 aliphatic heterocycles. The van der Waals surface area contributed by atoms with Crippen molar-refractivity contribution in [1.82, 2.24) is 19.7 Å². The standard InChI is InChI=1S/C18H21N5O2/c24-18(16-3-5-19-21-16)20-15-1-2-17-14(13-15)4-6-23(17)8-7-22-9-11-25-12-10-22/h1-6,13H,7-12H2,(H,19,21)(H,20,24). The summed E-state index contributed by atoms with van der Waals surface area (Å²) >= 11 is 0. The largest absolute Gasteiger partial charge is 0.379 e. The van der Waals surface area contributed by atoms with Crippen molar-refractivity contribution >= 4 is 22.5 Å². The van der Waals surface area contributed by atoms with E-state index >= 15 is 0 Å². The maximum Gasteiger partial charge on any atom is 0.273 e. The minimum absolute atomic E-state index is 0.191. The Hall–Kier alpha value is -2.64. The lowest BCUT2D eigenvalue weighted by atomic mass is 10.2. The van der Waals surface area contributed by atoms with Gasteiger partial charge >= 0.3 is 0 Å². The number of aromatic nitrogens is 3. The normalized spacial score (nSPS) is 15.5. The molecule has 0 saturated carbocycles. The third-order valence-corrected chi connectivity index (χ3v) is 4.54. The van der Waals surface area contributed by atoms with Crippen LogP contribution in [0.1, 0.15) is 10.5 Å². The van der Waals surface area contributed by atoms with Gasteiger partial charge in [-0.15, -0.1) is 0 Å². The van der Waals surface area contributed by atoms with Crippen molar-refractivity contribution in [2.24, 2.45) is 0 Å². The van der Waals surface area contributed by atoms with Crippen LogP contribution in [0, 0.1) is 0 Å². The molecule has 0 bridgehead atoms. The molecule has 0 atom stereocenters. The van der Waals surface area contributed by atoms with E-state index in [1.165, 1.54) is 5.52 Å². The zero-order valence-electron chi connectivity index (χ0n) is 13.9. The highest BCUT2D eigenvalue weighted by atomic mass is 16.5. The predicted octanol–water partition coefficient (Wildman–Crippen LogP) is 1.95. The van der Waals surface area contributed by atoms with E-state index < -0.39 is 0 Å². The number of amides is 1. The summed E-state index contributed by atoms with van der Waals surface area (Å²) in [5.74, 6) is -0.191. The van der Waals surface area contributed by atoms with Crippen LogP contribution in [-0.2, 0) is 11.3 Å². The Labute approximate surface area is 145 Å². The number of anilines is 1. The molecule has 1 fully saturated rings. The number of benzene rings is 1. The van der Waals surface area contributed by atoms with E-state index in [4.69, 9.17) is 4.74 Å². The first-order chi connectivity index (χ1) is 12.3. The second-order valence-electron chi connectivity index (χ2n) is 6.16. The molecule has 1 aliphatic rings. The number of fused-ring (bicyclic) bond motifs is 1. The highest BCUT2D eigenvalue weighted by molar-refractivity contribution is 6.03. The summed E-state index contributed by atoms with van der Waals surface area (Å²) in [6.07, 6.45) is 3.66. The van der Waals surface area contributed by atoms with Crippen molar-refractivity contribution in [3.05, 3.63) is 48.4 Å². The Morgan fingerprint density at radius 1 is 1.20 bits per heavy atom. The molecule has 0 radical (unpaired) electrons. The first-order valence-electron chi connectivity index (χ1n) is 8.49. The van der Waals surface area contributed by atoms with E-state index in [-0.39, 0.29) is 5.91 Å². The van der Waals surface area contributed by atoms with Crippen molar-refractivity contribution in [2.45, 2.75) is 6.54 Å². The lowest BCUT2D eigenvalue weighted by Crippen LogP contribution is -2.38. The van der Waals surface area contributed by atoms with Gasteiger partial charge < -0.3 is 14.6 Å². The van der Waals surface area contributed by atoms with Gasteiger partial charge in [0.25, 0.3) is 5.91 Å². The lowest BCUT2D eigenvalue weighted by Gasteiger charge is -2.26. The molecule has 0 unspecified atom stereocenters. The topological polar surface area (TPSA) is 75.2 Å². The zero-order chi connectivity index (χ0) is 17.1. The van der Waals surface area contributed by atoms with Gasteiger partial charge in [-0.3, -0.25) is 14.8 Å². The maximum absolute atomic E-state index is 12.1. The highest BCUT2D eigenvalue weighted by Gasteiger charge is 2.11. The van der Waals surface area contributed by atoms with Crippen LogP contribution in [0.5, 0.6) is 0 Å². The number of H-pyrrole nitrogens is 1. The molecule has 3 aromatic rings. The molecule has 1 amide bonds. The Balaban J connectivity index is 1.44. The second kappa shape index (κ2) is 7.08. The number of morpholine rings is 1. The van der Waals surface area contributed by atoms with Gasteiger partial charge in [-0.2, -0.15) is 5.10 Å². The fraction of sp³-hybridized carbons (Fsp3) is 0.333. The molecule has 2 aromatic heterocycles. The quantitative estimate of drug-likeness (QED) is 0.745. The molecule has 7 heteroatoms. The van der Waals surface area contributed by atoms with Crippen LogP contribution in [0.15, 0.2) is 42.7 Å². The number of ether oxygens (including phenoxy) is 1. The lowest BCUT2D eigenvalue weighted by molar-refractivity contribution is 0.0365. The molecule has 4 rings (SSSR count). The molecular weight excluding hydrogens is 318 g/mol. The van der Waals surface area contributed by atoms with Crippen LogP contribution >= 0.6 is 0 Å². The average Bonchev–Trinajstić information content (AvgIpc) is 3.31. The summed E-state index contributed by atoms with van der Waals surface area (Å²) in [6, 6.07) is 9.71. The molecule has 2 N–H and O–H groups in total. The molecular formula is C18H21N5O2. The summed E-state index contributed by atoms with van der Waals surface area (Å²) < 4.78 is 7.64. The third-order valence-electron chi connectivity index (χ3n) is 4.54. The van der Waals surface area contributed by atoms with Gasteiger partial charge in [0.15, 0.2) is 0 Å². The van der Waals surface area contributed by atoms with E-state index in [1.807, 2.05) is 12.1 Å².